The van der Waals surface area contributed by atoms with E-state index in [-0.39, 0.29) is 11.8 Å². The number of rotatable bonds is 7. The lowest BCUT2D eigenvalue weighted by atomic mass is 10.2. The topological polar surface area (TPSA) is 58.2 Å². The van der Waals surface area contributed by atoms with E-state index < -0.39 is 0 Å². The summed E-state index contributed by atoms with van der Waals surface area (Å²) in [6, 6.07) is 0. The Bertz CT molecular complexity index is 265. The van der Waals surface area contributed by atoms with Crippen molar-refractivity contribution in [2.75, 3.05) is 13.1 Å². The molecule has 0 atom stereocenters. The van der Waals surface area contributed by atoms with Gasteiger partial charge in [-0.15, -0.1) is 0 Å². The Kier molecular flexibility index (Phi) is 6.92. The molecule has 0 rings (SSSR count). The molecule has 0 fully saturated rings. The third-order valence-corrected chi connectivity index (χ3v) is 1.95. The normalized spacial score (nSPS) is 9.38. The summed E-state index contributed by atoms with van der Waals surface area (Å²) in [4.78, 5) is 22.2. The molecule has 0 aromatic heterocycles. The van der Waals surface area contributed by atoms with Crippen molar-refractivity contribution in [3.8, 4) is 0 Å². The van der Waals surface area contributed by atoms with Gasteiger partial charge in [-0.3, -0.25) is 9.59 Å². The van der Waals surface area contributed by atoms with E-state index in [1.165, 1.54) is 0 Å². The van der Waals surface area contributed by atoms with Gasteiger partial charge >= 0.3 is 0 Å². The van der Waals surface area contributed by atoms with Gasteiger partial charge in [0.15, 0.2) is 0 Å². The molecule has 0 spiro atoms. The molecule has 0 aromatic rings. The number of carbonyl (C=O) groups is 2. The van der Waals surface area contributed by atoms with Crippen molar-refractivity contribution in [2.24, 2.45) is 0 Å². The number of amides is 2. The molecule has 16 heavy (non-hydrogen) atoms. The van der Waals surface area contributed by atoms with Crippen molar-refractivity contribution in [2.45, 2.75) is 26.7 Å². The highest BCUT2D eigenvalue weighted by atomic mass is 16.2. The smallest absolute Gasteiger partial charge is 0.246 e. The molecule has 90 valence electrons. The average molecular weight is 224 g/mol. The van der Waals surface area contributed by atoms with Gasteiger partial charge in [0.1, 0.15) is 0 Å². The van der Waals surface area contributed by atoms with Crippen molar-refractivity contribution < 1.29 is 9.59 Å². The summed E-state index contributed by atoms with van der Waals surface area (Å²) in [5.41, 5.74) is 1.02. The van der Waals surface area contributed by atoms with Crippen LogP contribution in [0.1, 0.15) is 26.7 Å². The van der Waals surface area contributed by atoms with Crippen molar-refractivity contribution in [3.63, 3.8) is 0 Å². The van der Waals surface area contributed by atoms with Crippen LogP contribution in [0.5, 0.6) is 0 Å². The summed E-state index contributed by atoms with van der Waals surface area (Å²) in [5.74, 6) is -0.239. The van der Waals surface area contributed by atoms with Gasteiger partial charge in [-0.2, -0.15) is 0 Å². The van der Waals surface area contributed by atoms with Crippen LogP contribution < -0.4 is 10.6 Å². The summed E-state index contributed by atoms with van der Waals surface area (Å²) in [5, 5.41) is 5.45. The van der Waals surface area contributed by atoms with Gasteiger partial charge in [0.2, 0.25) is 11.8 Å². The van der Waals surface area contributed by atoms with Gasteiger partial charge in [-0.25, -0.2) is 0 Å². The minimum atomic E-state index is -0.119. The van der Waals surface area contributed by atoms with E-state index in [4.69, 9.17) is 0 Å². The molecule has 0 radical (unpaired) electrons. The molecule has 4 nitrogen and oxygen atoms in total. The van der Waals surface area contributed by atoms with Crippen LogP contribution in [0.25, 0.3) is 0 Å². The molecular weight excluding hydrogens is 204 g/mol. The van der Waals surface area contributed by atoms with Crippen LogP contribution in [0.2, 0.25) is 0 Å². The van der Waals surface area contributed by atoms with Crippen molar-refractivity contribution in [1.29, 1.82) is 0 Å². The maximum absolute atomic E-state index is 11.1. The molecule has 0 aromatic carbocycles. The van der Waals surface area contributed by atoms with E-state index in [0.717, 1.165) is 12.8 Å². The van der Waals surface area contributed by atoms with Gasteiger partial charge in [0.05, 0.1) is 0 Å². The molecule has 2 amide bonds. The molecule has 0 unspecified atom stereocenters. The fourth-order valence-electron chi connectivity index (χ4n) is 0.956. The predicted molar refractivity (Wildman–Crippen MR) is 64.9 cm³/mol. The molecule has 0 heterocycles. The van der Waals surface area contributed by atoms with Crippen molar-refractivity contribution in [3.05, 3.63) is 24.3 Å². The Morgan fingerprint density at radius 3 is 1.44 bits per heavy atom. The minimum absolute atomic E-state index is 0.119. The van der Waals surface area contributed by atoms with Gasteiger partial charge in [0.25, 0.3) is 0 Å². The monoisotopic (exact) mass is 224 g/mol. The van der Waals surface area contributed by atoms with E-state index in [9.17, 15) is 9.59 Å². The van der Waals surface area contributed by atoms with Gasteiger partial charge in [0, 0.05) is 24.2 Å². The van der Waals surface area contributed by atoms with Gasteiger partial charge < -0.3 is 10.6 Å². The first-order valence-corrected chi connectivity index (χ1v) is 5.32. The molecule has 4 heteroatoms. The third kappa shape index (κ3) is 6.81. The van der Waals surface area contributed by atoms with Crippen molar-refractivity contribution >= 4 is 11.8 Å². The van der Waals surface area contributed by atoms with Crippen LogP contribution in [-0.4, -0.2) is 24.9 Å². The van der Waals surface area contributed by atoms with Crippen LogP contribution >= 0.6 is 0 Å². The zero-order valence-corrected chi connectivity index (χ0v) is 10.1. The first kappa shape index (κ1) is 14.4. The van der Waals surface area contributed by atoms with Crippen LogP contribution in [0.3, 0.4) is 0 Å². The summed E-state index contributed by atoms with van der Waals surface area (Å²) in [7, 11) is 0. The number of hydrogen-bond acceptors (Lipinski definition) is 2. The van der Waals surface area contributed by atoms with E-state index in [1.54, 1.807) is 13.8 Å². The predicted octanol–water partition coefficient (Wildman–Crippen LogP) is 1.15. The summed E-state index contributed by atoms with van der Waals surface area (Å²) >= 11 is 0. The zero-order valence-electron chi connectivity index (χ0n) is 10.1. The van der Waals surface area contributed by atoms with Crippen LogP contribution in [0.4, 0.5) is 0 Å². The maximum atomic E-state index is 11.1. The largest absolute Gasteiger partial charge is 0.352 e. The van der Waals surface area contributed by atoms with Crippen LogP contribution in [0, 0.1) is 0 Å². The standard InChI is InChI=1S/C12H20N2O2/c1-9(2)11(15)13-7-5-6-8-14-12(16)10(3)4/h1,3,5-8H2,2,4H3,(H,13,15)(H,14,16). The fraction of sp³-hybridized carbons (Fsp3) is 0.500. The Hall–Kier alpha value is -1.58. The number of carbonyl (C=O) groups excluding carboxylic acids is 2. The minimum Gasteiger partial charge on any atom is -0.352 e. The lowest BCUT2D eigenvalue weighted by molar-refractivity contribution is -0.118. The average Bonchev–Trinajstić information content (AvgIpc) is 2.21. The molecule has 0 aliphatic rings. The van der Waals surface area contributed by atoms with E-state index in [0.29, 0.717) is 24.2 Å². The molecule has 0 saturated carbocycles. The summed E-state index contributed by atoms with van der Waals surface area (Å²) in [6.45, 7) is 11.6. The number of unbranched alkanes of at least 4 members (excludes halogenated alkanes) is 1. The van der Waals surface area contributed by atoms with E-state index in [1.807, 2.05) is 0 Å². The zero-order chi connectivity index (χ0) is 12.6. The number of hydrogen-bond donors (Lipinski definition) is 2. The molecule has 0 bridgehead atoms. The number of nitrogens with one attached hydrogen (secondary N) is 2. The highest BCUT2D eigenvalue weighted by Crippen LogP contribution is 1.90. The van der Waals surface area contributed by atoms with Gasteiger partial charge in [-0.05, 0) is 26.7 Å². The molecule has 0 aliphatic heterocycles. The fourth-order valence-corrected chi connectivity index (χ4v) is 0.956. The Morgan fingerprint density at radius 1 is 0.875 bits per heavy atom. The second kappa shape index (κ2) is 7.68. The Morgan fingerprint density at radius 2 is 1.19 bits per heavy atom. The second-order valence-electron chi connectivity index (χ2n) is 3.78. The first-order chi connectivity index (χ1) is 7.45. The Labute approximate surface area is 96.8 Å². The molecule has 0 saturated heterocycles. The lowest BCUT2D eigenvalue weighted by Crippen LogP contribution is -2.27. The summed E-state index contributed by atoms with van der Waals surface area (Å²) in [6.07, 6.45) is 1.66. The Balaban J connectivity index is 3.41. The van der Waals surface area contributed by atoms with Crippen LogP contribution in [0.15, 0.2) is 24.3 Å². The summed E-state index contributed by atoms with van der Waals surface area (Å²) < 4.78 is 0. The molecule has 2 N–H and O–H groups in total. The van der Waals surface area contributed by atoms with Crippen LogP contribution in [-0.2, 0) is 9.59 Å². The quantitative estimate of drug-likeness (QED) is 0.503. The highest BCUT2D eigenvalue weighted by molar-refractivity contribution is 5.92. The third-order valence-electron chi connectivity index (χ3n) is 1.95. The van der Waals surface area contributed by atoms with Crippen molar-refractivity contribution in [1.82, 2.24) is 10.6 Å². The molecule has 0 aliphatic carbocycles. The highest BCUT2D eigenvalue weighted by Gasteiger charge is 2.01. The first-order valence-electron chi connectivity index (χ1n) is 5.32. The van der Waals surface area contributed by atoms with Gasteiger partial charge in [-0.1, -0.05) is 13.2 Å². The molecular formula is C12H20N2O2. The second-order valence-corrected chi connectivity index (χ2v) is 3.78. The lowest BCUT2D eigenvalue weighted by Gasteiger charge is -2.06. The SMILES string of the molecule is C=C(C)C(=O)NCCCCNC(=O)C(=C)C. The van der Waals surface area contributed by atoms with E-state index in [2.05, 4.69) is 23.8 Å². The maximum Gasteiger partial charge on any atom is 0.246 e. The van der Waals surface area contributed by atoms with E-state index >= 15 is 0 Å².